The number of hydrogen-bond donors (Lipinski definition) is 1. The molecule has 2 rings (SSSR count). The van der Waals surface area contributed by atoms with Gasteiger partial charge in [0.1, 0.15) is 0 Å². The van der Waals surface area contributed by atoms with Crippen molar-refractivity contribution in [1.82, 2.24) is 20.2 Å². The van der Waals surface area contributed by atoms with Crippen molar-refractivity contribution in [1.29, 1.82) is 0 Å². The van der Waals surface area contributed by atoms with Crippen molar-refractivity contribution in [2.24, 2.45) is 11.3 Å². The van der Waals surface area contributed by atoms with E-state index < -0.39 is 11.4 Å². The molecule has 0 bridgehead atoms. The molecule has 18 heavy (non-hydrogen) atoms. The van der Waals surface area contributed by atoms with Gasteiger partial charge >= 0.3 is 5.97 Å². The summed E-state index contributed by atoms with van der Waals surface area (Å²) in [6.45, 7) is 4.55. The fourth-order valence-corrected chi connectivity index (χ4v) is 2.64. The smallest absolute Gasteiger partial charge is 0.311 e. The fraction of sp³-hybridized carbons (Fsp3) is 0.833. The molecule has 0 saturated heterocycles. The summed E-state index contributed by atoms with van der Waals surface area (Å²) in [7, 11) is 0. The van der Waals surface area contributed by atoms with E-state index in [1.165, 1.54) is 0 Å². The summed E-state index contributed by atoms with van der Waals surface area (Å²) in [6.07, 6.45) is 4.09. The molecule has 0 aliphatic heterocycles. The van der Waals surface area contributed by atoms with Gasteiger partial charge in [0.15, 0.2) is 5.82 Å². The Balaban J connectivity index is 2.19. The van der Waals surface area contributed by atoms with E-state index in [9.17, 15) is 9.90 Å². The summed E-state index contributed by atoms with van der Waals surface area (Å²) >= 11 is 0. The van der Waals surface area contributed by atoms with Crippen molar-refractivity contribution in [3.63, 3.8) is 0 Å². The van der Waals surface area contributed by atoms with Gasteiger partial charge in [-0.2, -0.15) is 0 Å². The summed E-state index contributed by atoms with van der Waals surface area (Å²) < 4.78 is 1.66. The first-order valence-electron chi connectivity index (χ1n) is 6.56. The lowest BCUT2D eigenvalue weighted by molar-refractivity contribution is -0.153. The molecule has 1 heterocycles. The van der Waals surface area contributed by atoms with Crippen molar-refractivity contribution in [2.75, 3.05) is 0 Å². The van der Waals surface area contributed by atoms with Gasteiger partial charge in [0.25, 0.3) is 0 Å². The van der Waals surface area contributed by atoms with Crippen LogP contribution in [0.4, 0.5) is 0 Å². The summed E-state index contributed by atoms with van der Waals surface area (Å²) in [5, 5.41) is 21.0. The summed E-state index contributed by atoms with van der Waals surface area (Å²) in [4.78, 5) is 11.6. The van der Waals surface area contributed by atoms with E-state index in [4.69, 9.17) is 0 Å². The van der Waals surface area contributed by atoms with E-state index in [1.54, 1.807) is 4.68 Å². The van der Waals surface area contributed by atoms with Crippen LogP contribution in [-0.2, 0) is 17.8 Å². The number of carboxylic acids is 1. The maximum Gasteiger partial charge on any atom is 0.311 e. The van der Waals surface area contributed by atoms with E-state index in [1.807, 2.05) is 6.92 Å². The second-order valence-corrected chi connectivity index (χ2v) is 5.37. The highest BCUT2D eigenvalue weighted by Gasteiger charge is 2.42. The molecular weight excluding hydrogens is 232 g/mol. The summed E-state index contributed by atoms with van der Waals surface area (Å²) in [5.74, 6) is 0.665. The molecule has 1 aromatic rings. The fourth-order valence-electron chi connectivity index (χ4n) is 2.64. The Labute approximate surface area is 106 Å². The average Bonchev–Trinajstić information content (AvgIpc) is 2.79. The molecule has 0 spiro atoms. The van der Waals surface area contributed by atoms with Gasteiger partial charge in [-0.25, -0.2) is 4.68 Å². The molecule has 1 saturated carbocycles. The first kappa shape index (κ1) is 13.0. The van der Waals surface area contributed by atoms with Crippen LogP contribution in [0.1, 0.15) is 45.4 Å². The maximum atomic E-state index is 11.6. The van der Waals surface area contributed by atoms with E-state index >= 15 is 0 Å². The highest BCUT2D eigenvalue weighted by atomic mass is 16.4. The molecule has 0 aromatic carbocycles. The first-order chi connectivity index (χ1) is 8.57. The molecule has 1 fully saturated rings. The van der Waals surface area contributed by atoms with Gasteiger partial charge < -0.3 is 5.11 Å². The summed E-state index contributed by atoms with van der Waals surface area (Å²) in [6, 6.07) is 0. The third-order valence-electron chi connectivity index (χ3n) is 4.06. The molecular formula is C12H20N4O2. The molecule has 1 N–H and O–H groups in total. The number of aryl methyl sites for hydroxylation is 1. The molecule has 0 amide bonds. The number of carbonyl (C=O) groups is 1. The van der Waals surface area contributed by atoms with E-state index in [0.717, 1.165) is 25.1 Å². The van der Waals surface area contributed by atoms with Crippen LogP contribution < -0.4 is 0 Å². The normalized spacial score (nSPS) is 28.2. The monoisotopic (exact) mass is 252 g/mol. The Hall–Kier alpha value is -1.46. The van der Waals surface area contributed by atoms with Crippen molar-refractivity contribution >= 4 is 5.97 Å². The molecule has 1 aliphatic carbocycles. The average molecular weight is 252 g/mol. The highest BCUT2D eigenvalue weighted by Crippen LogP contribution is 2.40. The van der Waals surface area contributed by atoms with Gasteiger partial charge in [0, 0.05) is 6.42 Å². The Bertz CT molecular complexity index is 421. The van der Waals surface area contributed by atoms with Gasteiger partial charge in [0.2, 0.25) is 0 Å². The summed E-state index contributed by atoms with van der Waals surface area (Å²) in [5.41, 5.74) is -0.689. The second kappa shape index (κ2) is 5.04. The standard InChI is InChI=1S/C12H20N4O2/c1-3-10-13-14-15-16(10)8-12(11(17)18)6-4-9(2)5-7-12/h9H,3-8H2,1-2H3,(H,17,18). The van der Waals surface area contributed by atoms with Gasteiger partial charge in [0.05, 0.1) is 12.0 Å². The molecule has 0 unspecified atom stereocenters. The van der Waals surface area contributed by atoms with Gasteiger partial charge in [-0.05, 0) is 42.0 Å². The van der Waals surface area contributed by atoms with Crippen molar-refractivity contribution in [2.45, 2.75) is 52.5 Å². The predicted molar refractivity (Wildman–Crippen MR) is 64.9 cm³/mol. The Morgan fingerprint density at radius 3 is 2.72 bits per heavy atom. The highest BCUT2D eigenvalue weighted by molar-refractivity contribution is 5.74. The van der Waals surface area contributed by atoms with Gasteiger partial charge in [-0.3, -0.25) is 4.79 Å². The predicted octanol–water partition coefficient (Wildman–Crippen LogP) is 1.52. The first-order valence-corrected chi connectivity index (χ1v) is 6.56. The van der Waals surface area contributed by atoms with Crippen molar-refractivity contribution < 1.29 is 9.90 Å². The lowest BCUT2D eigenvalue weighted by Crippen LogP contribution is -2.39. The minimum Gasteiger partial charge on any atom is -0.481 e. The number of rotatable bonds is 4. The second-order valence-electron chi connectivity index (χ2n) is 5.37. The SMILES string of the molecule is CCc1nnnn1CC1(C(=O)O)CCC(C)CC1. The minimum atomic E-state index is -0.716. The Morgan fingerprint density at radius 1 is 1.50 bits per heavy atom. The van der Waals surface area contributed by atoms with E-state index in [0.29, 0.717) is 25.3 Å². The van der Waals surface area contributed by atoms with Gasteiger partial charge in [-0.15, -0.1) is 5.10 Å². The number of aliphatic carboxylic acids is 1. The largest absolute Gasteiger partial charge is 0.481 e. The number of carboxylic acid groups (broad SMARTS) is 1. The van der Waals surface area contributed by atoms with Crippen LogP contribution >= 0.6 is 0 Å². The number of tetrazole rings is 1. The number of hydrogen-bond acceptors (Lipinski definition) is 4. The third-order valence-corrected chi connectivity index (χ3v) is 4.06. The lowest BCUT2D eigenvalue weighted by Gasteiger charge is -2.35. The Kier molecular flexibility index (Phi) is 3.63. The van der Waals surface area contributed by atoms with Crippen LogP contribution in [0.3, 0.4) is 0 Å². The minimum absolute atomic E-state index is 0.394. The van der Waals surface area contributed by atoms with Crippen LogP contribution in [-0.4, -0.2) is 31.3 Å². The molecule has 0 atom stereocenters. The van der Waals surface area contributed by atoms with Crippen molar-refractivity contribution in [3.05, 3.63) is 5.82 Å². The van der Waals surface area contributed by atoms with Crippen LogP contribution in [0.2, 0.25) is 0 Å². The van der Waals surface area contributed by atoms with E-state index in [-0.39, 0.29) is 0 Å². The Morgan fingerprint density at radius 2 is 2.17 bits per heavy atom. The zero-order valence-electron chi connectivity index (χ0n) is 11.0. The molecule has 1 aromatic heterocycles. The third kappa shape index (κ3) is 2.37. The molecule has 6 heteroatoms. The molecule has 0 radical (unpaired) electrons. The molecule has 1 aliphatic rings. The van der Waals surface area contributed by atoms with Gasteiger partial charge in [-0.1, -0.05) is 13.8 Å². The van der Waals surface area contributed by atoms with Crippen LogP contribution in [0.25, 0.3) is 0 Å². The number of aromatic nitrogens is 4. The van der Waals surface area contributed by atoms with E-state index in [2.05, 4.69) is 22.4 Å². The molecule has 6 nitrogen and oxygen atoms in total. The van der Waals surface area contributed by atoms with Crippen LogP contribution in [0.5, 0.6) is 0 Å². The number of nitrogens with zero attached hydrogens (tertiary/aromatic N) is 4. The van der Waals surface area contributed by atoms with Crippen molar-refractivity contribution in [3.8, 4) is 0 Å². The topological polar surface area (TPSA) is 80.9 Å². The zero-order chi connectivity index (χ0) is 13.2. The quantitative estimate of drug-likeness (QED) is 0.878. The lowest BCUT2D eigenvalue weighted by atomic mass is 9.71. The van der Waals surface area contributed by atoms with Crippen LogP contribution in [0, 0.1) is 11.3 Å². The zero-order valence-corrected chi connectivity index (χ0v) is 11.0. The van der Waals surface area contributed by atoms with Crippen LogP contribution in [0.15, 0.2) is 0 Å². The maximum absolute atomic E-state index is 11.6. The molecule has 100 valence electrons.